The van der Waals surface area contributed by atoms with E-state index < -0.39 is 16.2 Å². The third-order valence-corrected chi connectivity index (χ3v) is 6.24. The molecule has 142 valence electrons. The Balaban J connectivity index is 1.91. The zero-order valence-corrected chi connectivity index (χ0v) is 16.3. The summed E-state index contributed by atoms with van der Waals surface area (Å²) in [6.07, 6.45) is 0. The van der Waals surface area contributed by atoms with Gasteiger partial charge in [0.1, 0.15) is 11.4 Å². The van der Waals surface area contributed by atoms with Gasteiger partial charge >= 0.3 is 0 Å². The van der Waals surface area contributed by atoms with Crippen LogP contribution in [0.1, 0.15) is 0 Å². The van der Waals surface area contributed by atoms with E-state index in [1.165, 1.54) is 0 Å². The van der Waals surface area contributed by atoms with E-state index in [1.54, 1.807) is 4.31 Å². The van der Waals surface area contributed by atoms with Gasteiger partial charge in [-0.25, -0.2) is 4.31 Å². The van der Waals surface area contributed by atoms with Gasteiger partial charge in [-0.15, -0.1) is 0 Å². The predicted octanol–water partition coefficient (Wildman–Crippen LogP) is 3.70. The van der Waals surface area contributed by atoms with Crippen LogP contribution < -0.4 is 9.04 Å². The van der Waals surface area contributed by atoms with E-state index >= 15 is 0 Å². The van der Waals surface area contributed by atoms with Gasteiger partial charge < -0.3 is 9.64 Å². The quantitative estimate of drug-likeness (QED) is 0.800. The van der Waals surface area contributed by atoms with Crippen molar-refractivity contribution < 1.29 is 13.8 Å². The first-order valence-corrected chi connectivity index (χ1v) is 10.2. The Hall–Kier alpha value is -1.77. The average molecular weight is 378 g/mol. The van der Waals surface area contributed by atoms with Crippen LogP contribution in [0.25, 0.3) is 0 Å². The van der Waals surface area contributed by atoms with Crippen molar-refractivity contribution in [2.75, 3.05) is 45.1 Å². The number of nitrogens with zero attached hydrogens (tertiary/aromatic N) is 3. The molecule has 0 radical (unpaired) electrons. The molecule has 3 rings (SSSR count). The van der Waals surface area contributed by atoms with Crippen molar-refractivity contribution in [3.05, 3.63) is 54.6 Å². The fourth-order valence-corrected chi connectivity index (χ4v) is 4.70. The molecule has 0 aliphatic carbocycles. The molecule has 0 bridgehead atoms. The molecule has 2 aromatic rings. The number of rotatable bonds is 6. The number of likely N-dealkylation sites (N-methyl/N-ethyl adjacent to an activating group) is 2. The lowest BCUT2D eigenvalue weighted by molar-refractivity contribution is 0.181. The zero-order chi connectivity index (χ0) is 18.7. The molecule has 0 fully saturated rings. The standard InChI is InChI=1S/C19H27N3O3S/c1-20(2)13-14-21(3)15-19-25-18-12-8-7-11-17(18)22(26(19,23)24)16-9-5-4-6-10-16/h4-12,19,23-24H,13-15H2,1-3H3. The molecule has 1 aliphatic heterocycles. The third-order valence-electron chi connectivity index (χ3n) is 4.34. The molecule has 2 aromatic carbocycles. The first-order valence-electron chi connectivity index (χ1n) is 8.61. The number of para-hydroxylation sites is 3. The lowest BCUT2D eigenvalue weighted by atomic mass is 10.2. The lowest BCUT2D eigenvalue weighted by Crippen LogP contribution is -2.46. The Morgan fingerprint density at radius 2 is 1.62 bits per heavy atom. The molecule has 1 heterocycles. The highest BCUT2D eigenvalue weighted by Crippen LogP contribution is 2.60. The van der Waals surface area contributed by atoms with Gasteiger partial charge in [0.25, 0.3) is 0 Å². The van der Waals surface area contributed by atoms with Crippen LogP contribution in [0.15, 0.2) is 54.6 Å². The van der Waals surface area contributed by atoms with E-state index in [1.807, 2.05) is 75.7 Å². The smallest absolute Gasteiger partial charge is 0.219 e. The summed E-state index contributed by atoms with van der Waals surface area (Å²) in [6.45, 7) is 2.13. The summed E-state index contributed by atoms with van der Waals surface area (Å²) >= 11 is 0. The maximum Gasteiger partial charge on any atom is 0.219 e. The van der Waals surface area contributed by atoms with Crippen molar-refractivity contribution in [3.63, 3.8) is 0 Å². The maximum atomic E-state index is 11.1. The fraction of sp³-hybridized carbons (Fsp3) is 0.368. The molecule has 0 aromatic heterocycles. The van der Waals surface area contributed by atoms with Gasteiger partial charge in [-0.3, -0.25) is 14.0 Å². The minimum Gasteiger partial charge on any atom is -0.465 e. The van der Waals surface area contributed by atoms with E-state index in [4.69, 9.17) is 4.74 Å². The molecular formula is C19H27N3O3S. The largest absolute Gasteiger partial charge is 0.465 e. The number of hydrogen-bond donors (Lipinski definition) is 2. The van der Waals surface area contributed by atoms with Crippen molar-refractivity contribution in [1.29, 1.82) is 0 Å². The van der Waals surface area contributed by atoms with E-state index in [9.17, 15) is 9.11 Å². The minimum absolute atomic E-state index is 0.424. The van der Waals surface area contributed by atoms with E-state index in [2.05, 4.69) is 9.80 Å². The first-order chi connectivity index (χ1) is 12.4. The van der Waals surface area contributed by atoms with Crippen LogP contribution in [0.3, 0.4) is 0 Å². The van der Waals surface area contributed by atoms with Crippen LogP contribution in [0.2, 0.25) is 0 Å². The second kappa shape index (κ2) is 7.85. The second-order valence-electron chi connectivity index (χ2n) is 6.77. The van der Waals surface area contributed by atoms with Gasteiger partial charge in [-0.2, -0.15) is 0 Å². The van der Waals surface area contributed by atoms with Crippen molar-refractivity contribution in [2.45, 2.75) is 5.44 Å². The SMILES string of the molecule is CN(C)CCN(C)CC1Oc2ccccc2N(c2ccccc2)S1(O)O. The van der Waals surface area contributed by atoms with Crippen LogP contribution in [0.4, 0.5) is 11.4 Å². The predicted molar refractivity (Wildman–Crippen MR) is 108 cm³/mol. The number of benzene rings is 2. The summed E-state index contributed by atoms with van der Waals surface area (Å²) in [6, 6.07) is 16.9. The highest BCUT2D eigenvalue weighted by atomic mass is 32.3. The van der Waals surface area contributed by atoms with Crippen molar-refractivity contribution >= 4 is 22.2 Å². The summed E-state index contributed by atoms with van der Waals surface area (Å²) in [5.74, 6) is 0.661. The molecule has 2 N–H and O–H groups in total. The highest BCUT2D eigenvalue weighted by molar-refractivity contribution is 8.26. The van der Waals surface area contributed by atoms with Crippen LogP contribution in [0.5, 0.6) is 5.75 Å². The van der Waals surface area contributed by atoms with Gasteiger partial charge in [-0.1, -0.05) is 41.1 Å². The monoisotopic (exact) mass is 377 g/mol. The highest BCUT2D eigenvalue weighted by Gasteiger charge is 2.41. The van der Waals surface area contributed by atoms with Crippen molar-refractivity contribution in [1.82, 2.24) is 9.80 Å². The van der Waals surface area contributed by atoms with Gasteiger partial charge in [0, 0.05) is 13.1 Å². The van der Waals surface area contributed by atoms with E-state index in [-0.39, 0.29) is 0 Å². The van der Waals surface area contributed by atoms with Crippen LogP contribution in [0, 0.1) is 0 Å². The van der Waals surface area contributed by atoms with E-state index in [0.29, 0.717) is 18.0 Å². The van der Waals surface area contributed by atoms with Gasteiger partial charge in [-0.05, 0) is 45.4 Å². The molecule has 0 saturated heterocycles. The molecule has 0 spiro atoms. The fourth-order valence-electron chi connectivity index (χ4n) is 2.90. The van der Waals surface area contributed by atoms with E-state index in [0.717, 1.165) is 18.8 Å². The molecule has 7 heteroatoms. The zero-order valence-electron chi connectivity index (χ0n) is 15.4. The second-order valence-corrected chi connectivity index (χ2v) is 8.79. The Kier molecular flexibility index (Phi) is 5.74. The summed E-state index contributed by atoms with van der Waals surface area (Å²) in [4.78, 5) is 4.16. The van der Waals surface area contributed by atoms with Crippen LogP contribution in [-0.2, 0) is 0 Å². The van der Waals surface area contributed by atoms with Gasteiger partial charge in [0.2, 0.25) is 5.44 Å². The van der Waals surface area contributed by atoms with Crippen molar-refractivity contribution in [3.8, 4) is 5.75 Å². The molecule has 0 saturated carbocycles. The minimum atomic E-state index is -3.21. The summed E-state index contributed by atoms with van der Waals surface area (Å²) in [7, 11) is 2.80. The summed E-state index contributed by atoms with van der Waals surface area (Å²) in [5, 5.41) is 0. The van der Waals surface area contributed by atoms with Crippen LogP contribution >= 0.6 is 10.8 Å². The third kappa shape index (κ3) is 3.97. The Morgan fingerprint density at radius 3 is 2.31 bits per heavy atom. The topological polar surface area (TPSA) is 59.4 Å². The molecule has 1 aliphatic rings. The Bertz CT molecular complexity index is 727. The van der Waals surface area contributed by atoms with Gasteiger partial charge in [0.15, 0.2) is 0 Å². The van der Waals surface area contributed by atoms with Gasteiger partial charge in [0.05, 0.1) is 12.2 Å². The molecule has 6 nitrogen and oxygen atoms in total. The molecule has 1 atom stereocenters. The molecule has 26 heavy (non-hydrogen) atoms. The lowest BCUT2D eigenvalue weighted by Gasteiger charge is -2.52. The molecule has 1 unspecified atom stereocenters. The number of anilines is 2. The molecule has 0 amide bonds. The molecular weight excluding hydrogens is 350 g/mol. The summed E-state index contributed by atoms with van der Waals surface area (Å²) < 4.78 is 29.9. The number of ether oxygens (including phenoxy) is 1. The first kappa shape index (κ1) is 19.0. The average Bonchev–Trinajstić information content (AvgIpc) is 2.61. The maximum absolute atomic E-state index is 11.1. The number of hydrogen-bond acceptors (Lipinski definition) is 6. The summed E-state index contributed by atoms with van der Waals surface area (Å²) in [5.41, 5.74) is 0.680. The van der Waals surface area contributed by atoms with Crippen LogP contribution in [-0.4, -0.2) is 65.1 Å². The normalized spacial score (nSPS) is 20.0. The van der Waals surface area contributed by atoms with Crippen molar-refractivity contribution in [2.24, 2.45) is 0 Å². The Labute approximate surface area is 157 Å². The number of fused-ring (bicyclic) bond motifs is 1. The Morgan fingerprint density at radius 1 is 0.962 bits per heavy atom.